The van der Waals surface area contributed by atoms with E-state index in [-0.39, 0.29) is 6.04 Å². The van der Waals surface area contributed by atoms with Gasteiger partial charge in [0.2, 0.25) is 0 Å². The molecule has 2 N–H and O–H groups in total. The minimum Gasteiger partial charge on any atom is -0.324 e. The van der Waals surface area contributed by atoms with Gasteiger partial charge in [-0.05, 0) is 61.4 Å². The highest BCUT2D eigenvalue weighted by Gasteiger charge is 2.13. The van der Waals surface area contributed by atoms with Gasteiger partial charge in [0.25, 0.3) is 0 Å². The maximum absolute atomic E-state index is 6.45. The van der Waals surface area contributed by atoms with E-state index < -0.39 is 0 Å². The molecule has 0 aromatic heterocycles. The van der Waals surface area contributed by atoms with Crippen molar-refractivity contribution in [2.24, 2.45) is 5.73 Å². The number of aryl methyl sites for hydroxylation is 4. The van der Waals surface area contributed by atoms with E-state index in [1.807, 2.05) is 0 Å². The Morgan fingerprint density at radius 2 is 1.40 bits per heavy atom. The van der Waals surface area contributed by atoms with Crippen LogP contribution >= 0.6 is 0 Å². The third kappa shape index (κ3) is 3.29. The molecule has 0 radical (unpaired) electrons. The Labute approximate surface area is 122 Å². The summed E-state index contributed by atoms with van der Waals surface area (Å²) in [5.41, 5.74) is 14.4. The number of hydrogen-bond acceptors (Lipinski definition) is 1. The third-order valence-corrected chi connectivity index (χ3v) is 4.00. The van der Waals surface area contributed by atoms with Crippen LogP contribution in [0.2, 0.25) is 0 Å². The molecule has 0 aliphatic carbocycles. The molecular weight excluding hydrogens is 242 g/mol. The normalized spacial score (nSPS) is 12.4. The fourth-order valence-corrected chi connectivity index (χ4v) is 3.04. The first-order valence-corrected chi connectivity index (χ1v) is 7.42. The minimum absolute atomic E-state index is 0.0723. The molecule has 0 bridgehead atoms. The fraction of sp³-hybridized carbons (Fsp3) is 0.368. The average molecular weight is 267 g/mol. The van der Waals surface area contributed by atoms with Crippen molar-refractivity contribution in [1.29, 1.82) is 0 Å². The molecule has 0 amide bonds. The van der Waals surface area contributed by atoms with Crippen LogP contribution in [0.1, 0.15) is 46.3 Å². The van der Waals surface area contributed by atoms with Crippen LogP contribution in [-0.4, -0.2) is 0 Å². The lowest BCUT2D eigenvalue weighted by Gasteiger charge is -2.18. The van der Waals surface area contributed by atoms with Crippen molar-refractivity contribution in [3.63, 3.8) is 0 Å². The summed E-state index contributed by atoms with van der Waals surface area (Å²) in [5, 5.41) is 0. The first-order valence-electron chi connectivity index (χ1n) is 7.42. The second-order valence-corrected chi connectivity index (χ2v) is 5.79. The van der Waals surface area contributed by atoms with Gasteiger partial charge in [-0.2, -0.15) is 0 Å². The quantitative estimate of drug-likeness (QED) is 0.872. The van der Waals surface area contributed by atoms with Gasteiger partial charge in [-0.25, -0.2) is 0 Å². The van der Waals surface area contributed by atoms with Crippen molar-refractivity contribution in [2.45, 2.75) is 46.6 Å². The van der Waals surface area contributed by atoms with Crippen molar-refractivity contribution in [2.75, 3.05) is 0 Å². The number of nitrogens with two attached hydrogens (primary N) is 1. The highest BCUT2D eigenvalue weighted by atomic mass is 14.6. The Balaban J connectivity index is 2.21. The summed E-state index contributed by atoms with van der Waals surface area (Å²) in [6.07, 6.45) is 1.98. The van der Waals surface area contributed by atoms with Gasteiger partial charge in [-0.3, -0.25) is 0 Å². The molecule has 1 unspecified atom stereocenters. The van der Waals surface area contributed by atoms with Crippen LogP contribution in [0, 0.1) is 20.8 Å². The molecule has 0 saturated carbocycles. The zero-order valence-corrected chi connectivity index (χ0v) is 13.0. The van der Waals surface area contributed by atoms with E-state index in [1.165, 1.54) is 33.4 Å². The summed E-state index contributed by atoms with van der Waals surface area (Å²) in [4.78, 5) is 0. The van der Waals surface area contributed by atoms with Crippen LogP contribution in [0.3, 0.4) is 0 Å². The summed E-state index contributed by atoms with van der Waals surface area (Å²) < 4.78 is 0. The Bertz CT molecular complexity index is 558. The molecule has 106 valence electrons. The molecule has 0 heterocycles. The summed E-state index contributed by atoms with van der Waals surface area (Å²) in [6.45, 7) is 8.64. The topological polar surface area (TPSA) is 26.0 Å². The van der Waals surface area contributed by atoms with Crippen LogP contribution in [0.4, 0.5) is 0 Å². The number of benzene rings is 2. The first kappa shape index (κ1) is 14.8. The van der Waals surface area contributed by atoms with E-state index in [4.69, 9.17) is 5.73 Å². The third-order valence-electron chi connectivity index (χ3n) is 4.00. The standard InChI is InChI=1S/C19H25N/c1-5-16-6-8-17(9-7-16)12-18(20)19-14(3)10-13(2)11-15(19)4/h6-11,18H,5,12,20H2,1-4H3. The van der Waals surface area contributed by atoms with Gasteiger partial charge in [0.15, 0.2) is 0 Å². The van der Waals surface area contributed by atoms with E-state index in [0.29, 0.717) is 0 Å². The van der Waals surface area contributed by atoms with Gasteiger partial charge < -0.3 is 5.73 Å². The van der Waals surface area contributed by atoms with E-state index >= 15 is 0 Å². The van der Waals surface area contributed by atoms with Crippen molar-refractivity contribution in [1.82, 2.24) is 0 Å². The lowest BCUT2D eigenvalue weighted by molar-refractivity contribution is 0.710. The second-order valence-electron chi connectivity index (χ2n) is 5.79. The van der Waals surface area contributed by atoms with Crippen LogP contribution in [0.25, 0.3) is 0 Å². The second kappa shape index (κ2) is 6.23. The monoisotopic (exact) mass is 267 g/mol. The van der Waals surface area contributed by atoms with E-state index in [1.54, 1.807) is 0 Å². The summed E-state index contributed by atoms with van der Waals surface area (Å²) in [5.74, 6) is 0. The smallest absolute Gasteiger partial charge is 0.0341 e. The molecule has 2 aromatic rings. The molecule has 0 fully saturated rings. The van der Waals surface area contributed by atoms with Crippen molar-refractivity contribution >= 4 is 0 Å². The van der Waals surface area contributed by atoms with Gasteiger partial charge >= 0.3 is 0 Å². The fourth-order valence-electron chi connectivity index (χ4n) is 3.04. The molecule has 1 nitrogen and oxygen atoms in total. The van der Waals surface area contributed by atoms with Gasteiger partial charge in [0, 0.05) is 6.04 Å². The largest absolute Gasteiger partial charge is 0.324 e. The van der Waals surface area contributed by atoms with E-state index in [0.717, 1.165) is 12.8 Å². The SMILES string of the molecule is CCc1ccc(CC(N)c2c(C)cc(C)cc2C)cc1. The zero-order chi connectivity index (χ0) is 14.7. The van der Waals surface area contributed by atoms with Gasteiger partial charge in [0.1, 0.15) is 0 Å². The molecule has 2 aromatic carbocycles. The molecule has 1 atom stereocenters. The molecular formula is C19H25N. The van der Waals surface area contributed by atoms with Crippen LogP contribution in [0.15, 0.2) is 36.4 Å². The van der Waals surface area contributed by atoms with Gasteiger partial charge in [-0.1, -0.05) is 48.9 Å². The highest BCUT2D eigenvalue weighted by Crippen LogP contribution is 2.24. The maximum Gasteiger partial charge on any atom is 0.0341 e. The van der Waals surface area contributed by atoms with Gasteiger partial charge in [0.05, 0.1) is 0 Å². The molecule has 0 saturated heterocycles. The number of rotatable bonds is 4. The van der Waals surface area contributed by atoms with Crippen molar-refractivity contribution in [3.8, 4) is 0 Å². The maximum atomic E-state index is 6.45. The molecule has 2 rings (SSSR count). The summed E-state index contributed by atoms with van der Waals surface area (Å²) in [7, 11) is 0. The van der Waals surface area contributed by atoms with Crippen molar-refractivity contribution < 1.29 is 0 Å². The van der Waals surface area contributed by atoms with Crippen LogP contribution in [0.5, 0.6) is 0 Å². The minimum atomic E-state index is 0.0723. The van der Waals surface area contributed by atoms with E-state index in [9.17, 15) is 0 Å². The molecule has 0 aliphatic heterocycles. The van der Waals surface area contributed by atoms with Crippen LogP contribution < -0.4 is 5.73 Å². The predicted molar refractivity (Wildman–Crippen MR) is 87.1 cm³/mol. The Kier molecular flexibility index (Phi) is 4.61. The number of hydrogen-bond donors (Lipinski definition) is 1. The molecule has 20 heavy (non-hydrogen) atoms. The Morgan fingerprint density at radius 1 is 0.900 bits per heavy atom. The molecule has 0 aliphatic rings. The average Bonchev–Trinajstić information content (AvgIpc) is 2.38. The van der Waals surface area contributed by atoms with E-state index in [2.05, 4.69) is 64.1 Å². The lowest BCUT2D eigenvalue weighted by Crippen LogP contribution is -2.16. The molecule has 1 heteroatoms. The zero-order valence-electron chi connectivity index (χ0n) is 13.0. The Morgan fingerprint density at radius 3 is 1.90 bits per heavy atom. The first-order chi connectivity index (χ1) is 9.51. The Hall–Kier alpha value is -1.60. The predicted octanol–water partition coefficient (Wildman–Crippen LogP) is 4.42. The van der Waals surface area contributed by atoms with Crippen molar-refractivity contribution in [3.05, 3.63) is 69.8 Å². The van der Waals surface area contributed by atoms with Crippen LogP contribution in [-0.2, 0) is 12.8 Å². The van der Waals surface area contributed by atoms with Gasteiger partial charge in [-0.15, -0.1) is 0 Å². The summed E-state index contributed by atoms with van der Waals surface area (Å²) >= 11 is 0. The summed E-state index contributed by atoms with van der Waals surface area (Å²) in [6, 6.07) is 13.3. The molecule has 0 spiro atoms. The lowest BCUT2D eigenvalue weighted by atomic mass is 9.91. The highest BCUT2D eigenvalue weighted by molar-refractivity contribution is 5.40.